The molecule has 0 aromatic carbocycles. The molecule has 0 aliphatic heterocycles. The summed E-state index contributed by atoms with van der Waals surface area (Å²) in [6.45, 7) is 6.59. The van der Waals surface area contributed by atoms with Crippen molar-refractivity contribution in [2.75, 3.05) is 13.2 Å². The normalized spacial score (nSPS) is 12.4. The summed E-state index contributed by atoms with van der Waals surface area (Å²) in [6, 6.07) is 0. The molecule has 366 valence electrons. The maximum atomic E-state index is 12.8. The SMILES string of the molecule is CCCCC/C=C\C/C=C\CCCCCCCC(=O)O[C@@H](COC(=O)CCCCCCC/C=C\CCCCCC)COC(=O)CCCCCCCCC/C=C\CCCCCCCC. The molecule has 6 heteroatoms. The Balaban J connectivity index is 4.39. The van der Waals surface area contributed by atoms with Crippen molar-refractivity contribution >= 4 is 17.9 Å². The van der Waals surface area contributed by atoms with Crippen molar-refractivity contribution in [3.63, 3.8) is 0 Å². The molecule has 0 bridgehead atoms. The highest BCUT2D eigenvalue weighted by Gasteiger charge is 2.19. The van der Waals surface area contributed by atoms with Crippen molar-refractivity contribution < 1.29 is 28.6 Å². The molecule has 1 atom stereocenters. The Labute approximate surface area is 390 Å². The van der Waals surface area contributed by atoms with E-state index in [-0.39, 0.29) is 31.1 Å². The molecular formula is C57H102O6. The van der Waals surface area contributed by atoms with Crippen LogP contribution in [-0.4, -0.2) is 37.2 Å². The summed E-state index contributed by atoms with van der Waals surface area (Å²) in [5.74, 6) is -0.901. The third kappa shape index (κ3) is 50.2. The van der Waals surface area contributed by atoms with Crippen molar-refractivity contribution in [2.45, 2.75) is 284 Å². The first-order valence-electron chi connectivity index (χ1n) is 27.1. The summed E-state index contributed by atoms with van der Waals surface area (Å²) < 4.78 is 16.8. The van der Waals surface area contributed by atoms with Crippen molar-refractivity contribution in [1.29, 1.82) is 0 Å². The molecule has 0 aliphatic rings. The van der Waals surface area contributed by atoms with E-state index in [0.29, 0.717) is 19.3 Å². The topological polar surface area (TPSA) is 78.9 Å². The van der Waals surface area contributed by atoms with Crippen molar-refractivity contribution in [1.82, 2.24) is 0 Å². The molecule has 0 aliphatic carbocycles. The summed E-state index contributed by atoms with van der Waals surface area (Å²) in [7, 11) is 0. The third-order valence-corrected chi connectivity index (χ3v) is 11.8. The third-order valence-electron chi connectivity index (χ3n) is 11.8. The van der Waals surface area contributed by atoms with Gasteiger partial charge in [-0.2, -0.15) is 0 Å². The minimum absolute atomic E-state index is 0.0827. The molecule has 0 saturated heterocycles. The van der Waals surface area contributed by atoms with Crippen molar-refractivity contribution in [3.8, 4) is 0 Å². The van der Waals surface area contributed by atoms with Crippen LogP contribution in [0.15, 0.2) is 48.6 Å². The van der Waals surface area contributed by atoms with Gasteiger partial charge in [0, 0.05) is 19.3 Å². The van der Waals surface area contributed by atoms with E-state index in [4.69, 9.17) is 14.2 Å². The predicted octanol–water partition coefficient (Wildman–Crippen LogP) is 17.9. The van der Waals surface area contributed by atoms with Gasteiger partial charge in [-0.1, -0.05) is 204 Å². The van der Waals surface area contributed by atoms with E-state index in [0.717, 1.165) is 89.9 Å². The van der Waals surface area contributed by atoms with Gasteiger partial charge < -0.3 is 14.2 Å². The van der Waals surface area contributed by atoms with Crippen LogP contribution in [0.5, 0.6) is 0 Å². The van der Waals surface area contributed by atoms with Gasteiger partial charge in [-0.3, -0.25) is 14.4 Å². The number of unbranched alkanes of at least 4 members (excludes halogenated alkanes) is 30. The van der Waals surface area contributed by atoms with Crippen molar-refractivity contribution in [3.05, 3.63) is 48.6 Å². The zero-order valence-electron chi connectivity index (χ0n) is 41.8. The van der Waals surface area contributed by atoms with E-state index in [2.05, 4.69) is 69.4 Å². The Morgan fingerprint density at radius 2 is 0.571 bits per heavy atom. The lowest BCUT2D eigenvalue weighted by molar-refractivity contribution is -0.167. The number of hydrogen-bond donors (Lipinski definition) is 0. The Bertz CT molecular complexity index is 1110. The van der Waals surface area contributed by atoms with E-state index in [1.807, 2.05) is 0 Å². The Morgan fingerprint density at radius 1 is 0.317 bits per heavy atom. The van der Waals surface area contributed by atoms with Crippen LogP contribution < -0.4 is 0 Å². The van der Waals surface area contributed by atoms with Gasteiger partial charge in [-0.25, -0.2) is 0 Å². The summed E-state index contributed by atoms with van der Waals surface area (Å²) in [5, 5.41) is 0. The van der Waals surface area contributed by atoms with Gasteiger partial charge >= 0.3 is 17.9 Å². The fourth-order valence-corrected chi connectivity index (χ4v) is 7.64. The number of hydrogen-bond acceptors (Lipinski definition) is 6. The van der Waals surface area contributed by atoms with Crippen LogP contribution in [0.2, 0.25) is 0 Å². The zero-order chi connectivity index (χ0) is 45.8. The minimum atomic E-state index is -0.784. The average Bonchev–Trinajstić information content (AvgIpc) is 3.28. The van der Waals surface area contributed by atoms with E-state index in [1.54, 1.807) is 0 Å². The standard InChI is InChI=1S/C57H102O6/c1-4-7-10-13-16-19-22-25-27-28-30-32-35-38-41-44-47-50-56(59)62-53-54(52-61-55(58)49-46-43-40-37-34-31-24-21-18-15-12-9-6-3)63-57(60)51-48-45-42-39-36-33-29-26-23-20-17-14-11-8-5-2/h17,20-21,24-27,29,54H,4-16,18-19,22-23,28,30-53H2,1-3H3/b20-17-,24-21-,27-25-,29-26-/t54-/m0/s1. The fourth-order valence-electron chi connectivity index (χ4n) is 7.64. The van der Waals surface area contributed by atoms with Gasteiger partial charge in [-0.15, -0.1) is 0 Å². The Kier molecular flexibility index (Phi) is 49.8. The minimum Gasteiger partial charge on any atom is -0.462 e. The highest BCUT2D eigenvalue weighted by Crippen LogP contribution is 2.14. The molecule has 0 N–H and O–H groups in total. The molecule has 0 unspecified atom stereocenters. The van der Waals surface area contributed by atoms with Crippen LogP contribution in [-0.2, 0) is 28.6 Å². The lowest BCUT2D eigenvalue weighted by atomic mass is 10.1. The Hall–Kier alpha value is -2.63. The van der Waals surface area contributed by atoms with Gasteiger partial charge in [0.05, 0.1) is 0 Å². The second kappa shape index (κ2) is 52.0. The van der Waals surface area contributed by atoms with Gasteiger partial charge in [0.15, 0.2) is 6.10 Å². The summed E-state index contributed by atoms with van der Waals surface area (Å²) in [5.41, 5.74) is 0. The molecule has 0 heterocycles. The molecule has 0 radical (unpaired) electrons. The lowest BCUT2D eigenvalue weighted by Crippen LogP contribution is -2.30. The van der Waals surface area contributed by atoms with Crippen molar-refractivity contribution in [2.24, 2.45) is 0 Å². The largest absolute Gasteiger partial charge is 0.462 e. The second-order valence-electron chi connectivity index (χ2n) is 18.1. The second-order valence-corrected chi connectivity index (χ2v) is 18.1. The molecule has 6 nitrogen and oxygen atoms in total. The van der Waals surface area contributed by atoms with Gasteiger partial charge in [-0.05, 0) is 103 Å². The average molecular weight is 883 g/mol. The van der Waals surface area contributed by atoms with Crippen LogP contribution in [0, 0.1) is 0 Å². The van der Waals surface area contributed by atoms with Gasteiger partial charge in [0.2, 0.25) is 0 Å². The first-order valence-corrected chi connectivity index (χ1v) is 27.1. The summed E-state index contributed by atoms with van der Waals surface area (Å²) in [6.07, 6.45) is 62.3. The van der Waals surface area contributed by atoms with Crippen LogP contribution >= 0.6 is 0 Å². The molecule has 0 fully saturated rings. The monoisotopic (exact) mass is 883 g/mol. The maximum absolute atomic E-state index is 12.8. The van der Waals surface area contributed by atoms with Crippen LogP contribution in [0.3, 0.4) is 0 Å². The fraction of sp³-hybridized carbons (Fsp3) is 0.807. The number of carbonyl (C=O) groups excluding carboxylic acids is 3. The smallest absolute Gasteiger partial charge is 0.306 e. The number of rotatable bonds is 49. The van der Waals surface area contributed by atoms with E-state index >= 15 is 0 Å². The number of esters is 3. The first-order chi connectivity index (χ1) is 31.0. The van der Waals surface area contributed by atoms with E-state index < -0.39 is 6.10 Å². The molecule has 0 aromatic rings. The molecule has 0 aromatic heterocycles. The van der Waals surface area contributed by atoms with Crippen LogP contribution in [0.1, 0.15) is 278 Å². The quantitative estimate of drug-likeness (QED) is 0.0262. The molecular weight excluding hydrogens is 781 g/mol. The van der Waals surface area contributed by atoms with Crippen LogP contribution in [0.4, 0.5) is 0 Å². The van der Waals surface area contributed by atoms with Gasteiger partial charge in [0.1, 0.15) is 13.2 Å². The van der Waals surface area contributed by atoms with E-state index in [9.17, 15) is 14.4 Å². The zero-order valence-corrected chi connectivity index (χ0v) is 41.8. The summed E-state index contributed by atoms with van der Waals surface area (Å²) >= 11 is 0. The number of carbonyl (C=O) groups is 3. The van der Waals surface area contributed by atoms with Gasteiger partial charge in [0.25, 0.3) is 0 Å². The van der Waals surface area contributed by atoms with E-state index in [1.165, 1.54) is 148 Å². The first kappa shape index (κ1) is 60.4. The highest BCUT2D eigenvalue weighted by atomic mass is 16.6. The molecule has 0 rings (SSSR count). The molecule has 0 saturated carbocycles. The maximum Gasteiger partial charge on any atom is 0.306 e. The number of ether oxygens (including phenoxy) is 3. The van der Waals surface area contributed by atoms with Crippen LogP contribution in [0.25, 0.3) is 0 Å². The molecule has 63 heavy (non-hydrogen) atoms. The molecule has 0 amide bonds. The Morgan fingerprint density at radius 3 is 0.937 bits per heavy atom. The summed E-state index contributed by atoms with van der Waals surface area (Å²) in [4.78, 5) is 38.0. The molecule has 0 spiro atoms. The predicted molar refractivity (Wildman–Crippen MR) is 270 cm³/mol. The lowest BCUT2D eigenvalue weighted by Gasteiger charge is -2.18. The number of allylic oxidation sites excluding steroid dienone is 8. The highest BCUT2D eigenvalue weighted by molar-refractivity contribution is 5.71.